The average molecular weight is 464 g/mol. The number of carbonyl (C=O) groups is 2. The predicted molar refractivity (Wildman–Crippen MR) is 126 cm³/mol. The summed E-state index contributed by atoms with van der Waals surface area (Å²) < 4.78 is 18.3. The average Bonchev–Trinajstić information content (AvgIpc) is 3.40. The Morgan fingerprint density at radius 2 is 1.94 bits per heavy atom. The van der Waals surface area contributed by atoms with Crippen molar-refractivity contribution in [3.63, 3.8) is 0 Å². The standard InChI is InChI=1S/C26H29N3O5/c1-18(2)15-34-26(31)29-12-10-20-14-22(8-9-23(20)24(29)25(30)32-3)33-16-19-4-6-21(7-5-19)28-13-11-27-17-28/h4-9,11,13-14,17-18,24H,10,12,15-16H2,1-3H3. The summed E-state index contributed by atoms with van der Waals surface area (Å²) in [7, 11) is 1.32. The van der Waals surface area contributed by atoms with E-state index in [1.54, 1.807) is 12.5 Å². The summed E-state index contributed by atoms with van der Waals surface area (Å²) in [6, 6.07) is 12.8. The van der Waals surface area contributed by atoms with Crippen LogP contribution < -0.4 is 4.74 Å². The first-order valence-electron chi connectivity index (χ1n) is 11.3. The van der Waals surface area contributed by atoms with E-state index in [1.165, 1.54) is 12.0 Å². The van der Waals surface area contributed by atoms with Crippen LogP contribution in [-0.2, 0) is 27.3 Å². The second kappa shape index (κ2) is 10.4. The first-order valence-corrected chi connectivity index (χ1v) is 11.3. The van der Waals surface area contributed by atoms with E-state index in [4.69, 9.17) is 14.2 Å². The highest BCUT2D eigenvalue weighted by molar-refractivity contribution is 5.84. The maximum Gasteiger partial charge on any atom is 0.410 e. The molecular formula is C26H29N3O5. The molecule has 2 aromatic carbocycles. The van der Waals surface area contributed by atoms with Crippen LogP contribution in [-0.4, -0.2) is 46.8 Å². The number of rotatable bonds is 7. The second-order valence-corrected chi connectivity index (χ2v) is 8.63. The molecule has 0 spiro atoms. The number of imidazole rings is 1. The Morgan fingerprint density at radius 1 is 1.15 bits per heavy atom. The maximum atomic E-state index is 12.6. The number of benzene rings is 2. The van der Waals surface area contributed by atoms with Crippen LogP contribution in [0.5, 0.6) is 5.75 Å². The van der Waals surface area contributed by atoms with Gasteiger partial charge in [0, 0.05) is 24.6 Å². The van der Waals surface area contributed by atoms with Gasteiger partial charge in [0.25, 0.3) is 0 Å². The van der Waals surface area contributed by atoms with Crippen LogP contribution >= 0.6 is 0 Å². The fourth-order valence-electron chi connectivity index (χ4n) is 3.92. The third-order valence-electron chi connectivity index (χ3n) is 5.69. The molecule has 1 atom stereocenters. The van der Waals surface area contributed by atoms with E-state index in [-0.39, 0.29) is 5.92 Å². The van der Waals surface area contributed by atoms with E-state index in [1.807, 2.05) is 67.1 Å². The summed E-state index contributed by atoms with van der Waals surface area (Å²) in [6.45, 7) is 5.00. The number of hydrogen-bond acceptors (Lipinski definition) is 6. The lowest BCUT2D eigenvalue weighted by Gasteiger charge is -2.35. The van der Waals surface area contributed by atoms with E-state index in [9.17, 15) is 9.59 Å². The molecule has 0 saturated carbocycles. The molecule has 1 aromatic heterocycles. The number of ether oxygens (including phenoxy) is 3. The minimum absolute atomic E-state index is 0.208. The lowest BCUT2D eigenvalue weighted by atomic mass is 9.92. The van der Waals surface area contributed by atoms with Gasteiger partial charge in [0.15, 0.2) is 6.04 Å². The number of esters is 1. The summed E-state index contributed by atoms with van der Waals surface area (Å²) in [4.78, 5) is 30.7. The Labute approximate surface area is 199 Å². The number of nitrogens with zero attached hydrogens (tertiary/aromatic N) is 3. The van der Waals surface area contributed by atoms with Crippen molar-refractivity contribution in [1.82, 2.24) is 14.5 Å². The number of aromatic nitrogens is 2. The largest absolute Gasteiger partial charge is 0.489 e. The van der Waals surface area contributed by atoms with Crippen LogP contribution in [0.4, 0.5) is 4.79 Å². The predicted octanol–water partition coefficient (Wildman–Crippen LogP) is 4.32. The van der Waals surface area contributed by atoms with Gasteiger partial charge in [-0.25, -0.2) is 14.6 Å². The molecule has 4 rings (SSSR count). The summed E-state index contributed by atoms with van der Waals surface area (Å²) in [5.41, 5.74) is 3.75. The summed E-state index contributed by atoms with van der Waals surface area (Å²) in [5.74, 6) is 0.422. The molecule has 8 nitrogen and oxygen atoms in total. The number of fused-ring (bicyclic) bond motifs is 1. The van der Waals surface area contributed by atoms with E-state index in [2.05, 4.69) is 4.98 Å². The van der Waals surface area contributed by atoms with Crippen molar-refractivity contribution in [2.75, 3.05) is 20.3 Å². The van der Waals surface area contributed by atoms with Gasteiger partial charge < -0.3 is 18.8 Å². The second-order valence-electron chi connectivity index (χ2n) is 8.63. The van der Waals surface area contributed by atoms with Gasteiger partial charge in [-0.05, 0) is 53.3 Å². The Kier molecular flexibility index (Phi) is 7.15. The lowest BCUT2D eigenvalue weighted by Crippen LogP contribution is -2.44. The zero-order valence-corrected chi connectivity index (χ0v) is 19.6. The van der Waals surface area contributed by atoms with Crippen molar-refractivity contribution < 1.29 is 23.8 Å². The van der Waals surface area contributed by atoms with Crippen molar-refractivity contribution in [1.29, 1.82) is 0 Å². The molecule has 3 aromatic rings. The van der Waals surface area contributed by atoms with Gasteiger partial charge in [-0.3, -0.25) is 4.90 Å². The van der Waals surface area contributed by atoms with Crippen LogP contribution in [0.25, 0.3) is 5.69 Å². The zero-order valence-electron chi connectivity index (χ0n) is 19.6. The third-order valence-corrected chi connectivity index (χ3v) is 5.69. The molecule has 0 aliphatic carbocycles. The molecule has 178 valence electrons. The Bertz CT molecular complexity index is 1130. The van der Waals surface area contributed by atoms with Gasteiger partial charge >= 0.3 is 12.1 Å². The van der Waals surface area contributed by atoms with Crippen LogP contribution in [0.15, 0.2) is 61.2 Å². The molecule has 1 amide bonds. The Hall–Kier alpha value is -3.81. The van der Waals surface area contributed by atoms with E-state index in [0.29, 0.717) is 31.9 Å². The zero-order chi connectivity index (χ0) is 24.1. The fourth-order valence-corrected chi connectivity index (χ4v) is 3.92. The van der Waals surface area contributed by atoms with Gasteiger partial charge in [-0.15, -0.1) is 0 Å². The number of methoxy groups -OCH3 is 1. The summed E-state index contributed by atoms with van der Waals surface area (Å²) in [5, 5.41) is 0. The van der Waals surface area contributed by atoms with Crippen LogP contribution in [0.3, 0.4) is 0 Å². The first kappa shape index (κ1) is 23.4. The molecule has 0 N–H and O–H groups in total. The highest BCUT2D eigenvalue weighted by Gasteiger charge is 2.37. The van der Waals surface area contributed by atoms with Crippen molar-refractivity contribution in [2.24, 2.45) is 5.92 Å². The van der Waals surface area contributed by atoms with E-state index < -0.39 is 18.1 Å². The molecule has 2 heterocycles. The monoisotopic (exact) mass is 463 g/mol. The molecule has 0 radical (unpaired) electrons. The first-order chi connectivity index (χ1) is 16.5. The van der Waals surface area contributed by atoms with Crippen LogP contribution in [0, 0.1) is 5.92 Å². The molecule has 1 unspecified atom stereocenters. The number of hydrogen-bond donors (Lipinski definition) is 0. The SMILES string of the molecule is COC(=O)C1c2ccc(OCc3ccc(-n4ccnc4)cc3)cc2CCN1C(=O)OCC(C)C. The van der Waals surface area contributed by atoms with Gasteiger partial charge in [-0.2, -0.15) is 0 Å². The van der Waals surface area contributed by atoms with Gasteiger partial charge in [0.2, 0.25) is 0 Å². The van der Waals surface area contributed by atoms with Crippen molar-refractivity contribution in [2.45, 2.75) is 32.9 Å². The number of amides is 1. The fraction of sp³-hybridized carbons (Fsp3) is 0.346. The maximum absolute atomic E-state index is 12.6. The molecule has 34 heavy (non-hydrogen) atoms. The molecule has 8 heteroatoms. The van der Waals surface area contributed by atoms with Gasteiger partial charge in [0.1, 0.15) is 12.4 Å². The van der Waals surface area contributed by atoms with Gasteiger partial charge in [-0.1, -0.05) is 32.0 Å². The van der Waals surface area contributed by atoms with Crippen molar-refractivity contribution in [3.05, 3.63) is 77.9 Å². The smallest absolute Gasteiger partial charge is 0.410 e. The molecule has 0 bridgehead atoms. The molecule has 0 saturated heterocycles. The summed E-state index contributed by atoms with van der Waals surface area (Å²) in [6.07, 6.45) is 5.48. The lowest BCUT2D eigenvalue weighted by molar-refractivity contribution is -0.147. The summed E-state index contributed by atoms with van der Waals surface area (Å²) >= 11 is 0. The Balaban J connectivity index is 1.46. The highest BCUT2D eigenvalue weighted by atomic mass is 16.6. The Morgan fingerprint density at radius 3 is 2.62 bits per heavy atom. The molecule has 1 aliphatic rings. The molecular weight excluding hydrogens is 434 g/mol. The van der Waals surface area contributed by atoms with Crippen LogP contribution in [0.1, 0.15) is 36.6 Å². The van der Waals surface area contributed by atoms with E-state index in [0.717, 1.165) is 22.4 Å². The van der Waals surface area contributed by atoms with Crippen molar-refractivity contribution in [3.8, 4) is 11.4 Å². The van der Waals surface area contributed by atoms with Crippen LogP contribution in [0.2, 0.25) is 0 Å². The number of carbonyl (C=O) groups excluding carboxylic acids is 2. The normalized spacial score (nSPS) is 15.1. The topological polar surface area (TPSA) is 82.9 Å². The molecule has 1 aliphatic heterocycles. The highest BCUT2D eigenvalue weighted by Crippen LogP contribution is 2.34. The quantitative estimate of drug-likeness (QED) is 0.486. The van der Waals surface area contributed by atoms with Crippen molar-refractivity contribution >= 4 is 12.1 Å². The third kappa shape index (κ3) is 5.22. The minimum atomic E-state index is -0.835. The van der Waals surface area contributed by atoms with Gasteiger partial charge in [0.05, 0.1) is 20.0 Å². The van der Waals surface area contributed by atoms with E-state index >= 15 is 0 Å². The molecule has 0 fully saturated rings. The minimum Gasteiger partial charge on any atom is -0.489 e.